The van der Waals surface area contributed by atoms with Crippen molar-refractivity contribution in [2.24, 2.45) is 0 Å². The number of halogens is 2. The molecule has 3 rings (SSSR count). The molecule has 0 aliphatic carbocycles. The van der Waals surface area contributed by atoms with Gasteiger partial charge in [0, 0.05) is 5.02 Å². The molecule has 0 aliphatic rings. The van der Waals surface area contributed by atoms with Gasteiger partial charge in [-0.25, -0.2) is 4.39 Å². The molecule has 1 amide bonds. The second-order valence-electron chi connectivity index (χ2n) is 6.04. The van der Waals surface area contributed by atoms with Crippen molar-refractivity contribution < 1.29 is 23.1 Å². The number of hydrogen-bond acceptors (Lipinski definition) is 7. The maximum absolute atomic E-state index is 13.7. The quantitative estimate of drug-likeness (QED) is 0.363. The van der Waals surface area contributed by atoms with E-state index in [2.05, 4.69) is 15.5 Å². The lowest BCUT2D eigenvalue weighted by atomic mass is 10.3. The highest BCUT2D eigenvalue weighted by Gasteiger charge is 2.18. The van der Waals surface area contributed by atoms with Gasteiger partial charge in [0.2, 0.25) is 5.91 Å². The molecule has 0 spiro atoms. The summed E-state index contributed by atoms with van der Waals surface area (Å²) in [6.07, 6.45) is -0.636. The van der Waals surface area contributed by atoms with Crippen LogP contribution < -0.4 is 14.8 Å². The lowest BCUT2D eigenvalue weighted by Crippen LogP contribution is -2.29. The van der Waals surface area contributed by atoms with Gasteiger partial charge in [-0.1, -0.05) is 35.5 Å². The first kappa shape index (κ1) is 21.9. The standard InChI is InChI=1S/C20H19ClFN3O4S/c1-13(28-17-5-3-2-4-16(17)22)19-24-25-20(29-19)30-12-18(26)23-10-11-27-15-8-6-14(21)7-9-15/h2-9,13H,10-12H2,1H3,(H,23,26). The van der Waals surface area contributed by atoms with E-state index in [4.69, 9.17) is 25.5 Å². The second-order valence-corrected chi connectivity index (χ2v) is 7.40. The third-order valence-corrected chi connectivity index (χ3v) is 4.81. The molecular weight excluding hydrogens is 433 g/mol. The topological polar surface area (TPSA) is 86.5 Å². The molecule has 30 heavy (non-hydrogen) atoms. The van der Waals surface area contributed by atoms with Crippen LogP contribution in [-0.4, -0.2) is 35.0 Å². The number of rotatable bonds is 10. The third-order valence-electron chi connectivity index (χ3n) is 3.74. The zero-order chi connectivity index (χ0) is 21.3. The monoisotopic (exact) mass is 451 g/mol. The van der Waals surface area contributed by atoms with E-state index in [-0.39, 0.29) is 28.5 Å². The molecule has 1 atom stereocenters. The normalized spacial score (nSPS) is 11.7. The fourth-order valence-corrected chi connectivity index (χ4v) is 3.02. The van der Waals surface area contributed by atoms with Gasteiger partial charge in [-0.2, -0.15) is 0 Å². The number of carbonyl (C=O) groups excluding carboxylic acids is 1. The molecule has 0 saturated carbocycles. The van der Waals surface area contributed by atoms with Crippen molar-refractivity contribution in [2.45, 2.75) is 18.3 Å². The van der Waals surface area contributed by atoms with Gasteiger partial charge in [0.25, 0.3) is 11.1 Å². The van der Waals surface area contributed by atoms with Gasteiger partial charge >= 0.3 is 0 Å². The van der Waals surface area contributed by atoms with Crippen LogP contribution in [0, 0.1) is 5.82 Å². The lowest BCUT2D eigenvalue weighted by Gasteiger charge is -2.11. The Hall–Kier alpha value is -2.78. The van der Waals surface area contributed by atoms with Crippen molar-refractivity contribution in [3.8, 4) is 11.5 Å². The molecule has 1 aromatic heterocycles. The Labute approximate surface area is 181 Å². The minimum absolute atomic E-state index is 0.0950. The van der Waals surface area contributed by atoms with Gasteiger partial charge in [-0.3, -0.25) is 4.79 Å². The van der Waals surface area contributed by atoms with E-state index in [0.717, 1.165) is 11.8 Å². The number of para-hydroxylation sites is 1. The fraction of sp³-hybridized carbons (Fsp3) is 0.250. The summed E-state index contributed by atoms with van der Waals surface area (Å²) in [4.78, 5) is 11.9. The van der Waals surface area contributed by atoms with E-state index in [9.17, 15) is 9.18 Å². The Morgan fingerprint density at radius 2 is 2.00 bits per heavy atom. The fourth-order valence-electron chi connectivity index (χ4n) is 2.29. The SMILES string of the molecule is CC(Oc1ccccc1F)c1nnc(SCC(=O)NCCOc2ccc(Cl)cc2)o1. The highest BCUT2D eigenvalue weighted by molar-refractivity contribution is 7.99. The number of carbonyl (C=O) groups is 1. The summed E-state index contributed by atoms with van der Waals surface area (Å²) in [6, 6.07) is 13.0. The molecule has 1 unspecified atom stereocenters. The van der Waals surface area contributed by atoms with Gasteiger partial charge < -0.3 is 19.2 Å². The Morgan fingerprint density at radius 1 is 1.23 bits per heavy atom. The average molecular weight is 452 g/mol. The molecule has 0 saturated heterocycles. The predicted molar refractivity (Wildman–Crippen MR) is 110 cm³/mol. The molecular formula is C20H19ClFN3O4S. The van der Waals surface area contributed by atoms with Crippen LogP contribution in [0.25, 0.3) is 0 Å². The van der Waals surface area contributed by atoms with Crippen LogP contribution in [0.2, 0.25) is 5.02 Å². The minimum Gasteiger partial charge on any atom is -0.492 e. The summed E-state index contributed by atoms with van der Waals surface area (Å²) in [5.41, 5.74) is 0. The van der Waals surface area contributed by atoms with Crippen LogP contribution in [0.15, 0.2) is 58.2 Å². The van der Waals surface area contributed by atoms with Crippen LogP contribution in [0.1, 0.15) is 18.9 Å². The maximum atomic E-state index is 13.7. The number of thioether (sulfide) groups is 1. The molecule has 7 nitrogen and oxygen atoms in total. The van der Waals surface area contributed by atoms with Crippen molar-refractivity contribution >= 4 is 29.3 Å². The summed E-state index contributed by atoms with van der Waals surface area (Å²) in [5.74, 6) is 0.388. The van der Waals surface area contributed by atoms with E-state index in [1.54, 1.807) is 43.3 Å². The number of nitrogens with one attached hydrogen (secondary N) is 1. The zero-order valence-corrected chi connectivity index (χ0v) is 17.6. The Kier molecular flexibility index (Phi) is 7.92. The Balaban J connectivity index is 1.37. The Bertz CT molecular complexity index is 971. The van der Waals surface area contributed by atoms with Crippen LogP contribution in [0.5, 0.6) is 11.5 Å². The van der Waals surface area contributed by atoms with Crippen molar-refractivity contribution in [1.82, 2.24) is 15.5 Å². The summed E-state index contributed by atoms with van der Waals surface area (Å²) < 4.78 is 30.1. The van der Waals surface area contributed by atoms with Crippen LogP contribution in [0.3, 0.4) is 0 Å². The molecule has 0 bridgehead atoms. The molecule has 0 radical (unpaired) electrons. The number of ether oxygens (including phenoxy) is 2. The van der Waals surface area contributed by atoms with E-state index in [1.165, 1.54) is 12.1 Å². The van der Waals surface area contributed by atoms with Gasteiger partial charge in [-0.05, 0) is 43.3 Å². The third kappa shape index (κ3) is 6.64. The molecule has 10 heteroatoms. The van der Waals surface area contributed by atoms with Crippen molar-refractivity contribution in [2.75, 3.05) is 18.9 Å². The maximum Gasteiger partial charge on any atom is 0.277 e. The van der Waals surface area contributed by atoms with E-state index < -0.39 is 11.9 Å². The number of hydrogen-bond donors (Lipinski definition) is 1. The summed E-state index contributed by atoms with van der Waals surface area (Å²) >= 11 is 6.90. The first-order valence-corrected chi connectivity index (χ1v) is 10.4. The number of nitrogens with zero attached hydrogens (tertiary/aromatic N) is 2. The van der Waals surface area contributed by atoms with E-state index in [0.29, 0.717) is 23.9 Å². The summed E-state index contributed by atoms with van der Waals surface area (Å²) in [6.45, 7) is 2.35. The predicted octanol–water partition coefficient (Wildman–Crippen LogP) is 4.29. The summed E-state index contributed by atoms with van der Waals surface area (Å²) in [5, 5.41) is 11.4. The van der Waals surface area contributed by atoms with E-state index >= 15 is 0 Å². The average Bonchev–Trinajstić information content (AvgIpc) is 3.22. The van der Waals surface area contributed by atoms with Crippen LogP contribution in [0.4, 0.5) is 4.39 Å². The molecule has 158 valence electrons. The summed E-state index contributed by atoms with van der Waals surface area (Å²) in [7, 11) is 0. The van der Waals surface area contributed by atoms with Crippen molar-refractivity contribution in [3.05, 3.63) is 65.3 Å². The number of benzene rings is 2. The van der Waals surface area contributed by atoms with Gasteiger partial charge in [-0.15, -0.1) is 10.2 Å². The zero-order valence-electron chi connectivity index (χ0n) is 16.0. The molecule has 0 fully saturated rings. The Morgan fingerprint density at radius 3 is 2.77 bits per heavy atom. The smallest absolute Gasteiger partial charge is 0.277 e. The van der Waals surface area contributed by atoms with E-state index in [1.807, 2.05) is 0 Å². The lowest BCUT2D eigenvalue weighted by molar-refractivity contribution is -0.118. The highest BCUT2D eigenvalue weighted by atomic mass is 35.5. The first-order valence-electron chi connectivity index (χ1n) is 9.03. The van der Waals surface area contributed by atoms with Crippen molar-refractivity contribution in [1.29, 1.82) is 0 Å². The minimum atomic E-state index is -0.636. The largest absolute Gasteiger partial charge is 0.492 e. The molecule has 1 N–H and O–H groups in total. The molecule has 1 heterocycles. The van der Waals surface area contributed by atoms with Gasteiger partial charge in [0.1, 0.15) is 12.4 Å². The number of amides is 1. The first-order chi connectivity index (χ1) is 14.5. The van der Waals surface area contributed by atoms with Crippen molar-refractivity contribution in [3.63, 3.8) is 0 Å². The second kappa shape index (κ2) is 10.8. The van der Waals surface area contributed by atoms with Gasteiger partial charge in [0.05, 0.1) is 12.3 Å². The molecule has 0 aliphatic heterocycles. The highest BCUT2D eigenvalue weighted by Crippen LogP contribution is 2.25. The number of aromatic nitrogens is 2. The van der Waals surface area contributed by atoms with Crippen LogP contribution >= 0.6 is 23.4 Å². The van der Waals surface area contributed by atoms with Crippen LogP contribution in [-0.2, 0) is 4.79 Å². The molecule has 3 aromatic rings. The van der Waals surface area contributed by atoms with Gasteiger partial charge in [0.15, 0.2) is 17.7 Å². The molecule has 2 aromatic carbocycles.